The first-order valence-corrected chi connectivity index (χ1v) is 3.54. The maximum Gasteiger partial charge on any atom is 0.545 e. The van der Waals surface area contributed by atoms with Gasteiger partial charge in [0.15, 0.2) is 0 Å². The fraction of sp³-hybridized carbons (Fsp3) is 0.625. The molecule has 12 heavy (non-hydrogen) atoms. The van der Waals surface area contributed by atoms with Crippen molar-refractivity contribution in [3.05, 3.63) is 12.3 Å². The van der Waals surface area contributed by atoms with Gasteiger partial charge in [-0.1, -0.05) is 6.58 Å². The summed E-state index contributed by atoms with van der Waals surface area (Å²) in [5, 5.41) is 0. The van der Waals surface area contributed by atoms with E-state index in [1.54, 1.807) is 27.7 Å². The molecule has 0 heterocycles. The molecule has 0 aromatic heterocycles. The van der Waals surface area contributed by atoms with Crippen LogP contribution in [0.2, 0.25) is 0 Å². The van der Waals surface area contributed by atoms with Crippen LogP contribution in [-0.4, -0.2) is 11.8 Å². The van der Waals surface area contributed by atoms with Gasteiger partial charge in [-0.15, -0.1) is 0 Å². The Labute approximate surface area is 72.0 Å². The van der Waals surface area contributed by atoms with Crippen LogP contribution in [0.4, 0.5) is 4.79 Å². The van der Waals surface area contributed by atoms with E-state index in [-0.39, 0.29) is 5.76 Å². The van der Waals surface area contributed by atoms with Gasteiger partial charge in [0.05, 0.1) is 0 Å². The van der Waals surface area contributed by atoms with Crippen molar-refractivity contribution in [3.8, 4) is 0 Å². The summed E-state index contributed by atoms with van der Waals surface area (Å²) in [6.45, 7) is 10.2. The van der Waals surface area contributed by atoms with E-state index < -0.39 is 11.8 Å². The SMILES string of the molecule is C=C(C)OC(=O)OOC(C)(C)C. The highest BCUT2D eigenvalue weighted by Crippen LogP contribution is 2.08. The summed E-state index contributed by atoms with van der Waals surface area (Å²) in [5.74, 6) is 0.262. The zero-order valence-electron chi connectivity index (χ0n) is 7.84. The van der Waals surface area contributed by atoms with E-state index in [1.807, 2.05) is 0 Å². The fourth-order valence-corrected chi connectivity index (χ4v) is 0.318. The Morgan fingerprint density at radius 1 is 1.33 bits per heavy atom. The molecule has 0 aliphatic heterocycles. The fourth-order valence-electron chi connectivity index (χ4n) is 0.318. The van der Waals surface area contributed by atoms with E-state index in [9.17, 15) is 4.79 Å². The predicted molar refractivity (Wildman–Crippen MR) is 43.2 cm³/mol. The van der Waals surface area contributed by atoms with Crippen LogP contribution in [0.15, 0.2) is 12.3 Å². The second-order valence-corrected chi connectivity index (χ2v) is 3.33. The van der Waals surface area contributed by atoms with Gasteiger partial charge in [0.2, 0.25) is 0 Å². The molecule has 0 aromatic rings. The van der Waals surface area contributed by atoms with Crippen LogP contribution in [0, 0.1) is 0 Å². The summed E-state index contributed by atoms with van der Waals surface area (Å²) in [5.41, 5.74) is -0.534. The monoisotopic (exact) mass is 174 g/mol. The Morgan fingerprint density at radius 3 is 2.17 bits per heavy atom. The number of carbonyl (C=O) groups excluding carboxylic acids is 1. The van der Waals surface area contributed by atoms with E-state index in [0.717, 1.165) is 0 Å². The van der Waals surface area contributed by atoms with Gasteiger partial charge < -0.3 is 4.74 Å². The average Bonchev–Trinajstić information content (AvgIpc) is 1.80. The smallest absolute Gasteiger partial charge is 0.399 e. The molecule has 0 aliphatic rings. The Balaban J connectivity index is 3.65. The summed E-state index contributed by atoms with van der Waals surface area (Å²) < 4.78 is 4.46. The largest absolute Gasteiger partial charge is 0.545 e. The highest BCUT2D eigenvalue weighted by atomic mass is 17.2. The van der Waals surface area contributed by atoms with Gasteiger partial charge in [-0.05, 0) is 27.7 Å². The first-order chi connectivity index (χ1) is 5.31. The number of ether oxygens (including phenoxy) is 1. The van der Waals surface area contributed by atoms with Gasteiger partial charge in [-0.25, -0.2) is 4.79 Å². The lowest BCUT2D eigenvalue weighted by Crippen LogP contribution is -2.22. The van der Waals surface area contributed by atoms with Crippen molar-refractivity contribution in [1.82, 2.24) is 0 Å². The van der Waals surface area contributed by atoms with Crippen molar-refractivity contribution in [2.24, 2.45) is 0 Å². The van der Waals surface area contributed by atoms with Crippen LogP contribution in [0.1, 0.15) is 27.7 Å². The van der Waals surface area contributed by atoms with Crippen LogP contribution in [0.25, 0.3) is 0 Å². The lowest BCUT2D eigenvalue weighted by atomic mass is 10.2. The van der Waals surface area contributed by atoms with Crippen molar-refractivity contribution in [3.63, 3.8) is 0 Å². The van der Waals surface area contributed by atoms with Gasteiger partial charge >= 0.3 is 6.16 Å². The van der Waals surface area contributed by atoms with Crippen molar-refractivity contribution in [2.75, 3.05) is 0 Å². The van der Waals surface area contributed by atoms with Gasteiger partial charge in [0.1, 0.15) is 11.4 Å². The quantitative estimate of drug-likeness (QED) is 0.279. The van der Waals surface area contributed by atoms with E-state index in [0.29, 0.717) is 0 Å². The van der Waals surface area contributed by atoms with Crippen LogP contribution >= 0.6 is 0 Å². The molecule has 70 valence electrons. The van der Waals surface area contributed by atoms with Crippen LogP contribution < -0.4 is 0 Å². The lowest BCUT2D eigenvalue weighted by Gasteiger charge is -2.15. The summed E-state index contributed by atoms with van der Waals surface area (Å²) in [6, 6.07) is 0. The zero-order chi connectivity index (χ0) is 9.78. The van der Waals surface area contributed by atoms with Crippen molar-refractivity contribution >= 4 is 6.16 Å². The lowest BCUT2D eigenvalue weighted by molar-refractivity contribution is -0.310. The number of rotatable bonds is 2. The molecule has 0 rings (SSSR count). The van der Waals surface area contributed by atoms with Crippen molar-refractivity contribution in [1.29, 1.82) is 0 Å². The standard InChI is InChI=1S/C8H14O4/c1-6(2)10-7(9)11-12-8(3,4)5/h1H2,2-5H3. The molecule has 0 saturated heterocycles. The highest BCUT2D eigenvalue weighted by Gasteiger charge is 2.15. The summed E-state index contributed by atoms with van der Waals surface area (Å²) in [4.78, 5) is 19.6. The molecule has 4 nitrogen and oxygen atoms in total. The average molecular weight is 174 g/mol. The molecule has 0 saturated carbocycles. The van der Waals surface area contributed by atoms with Gasteiger partial charge in [0.25, 0.3) is 0 Å². The maximum absolute atomic E-state index is 10.7. The minimum atomic E-state index is -0.905. The third-order valence-electron chi connectivity index (χ3n) is 0.617. The van der Waals surface area contributed by atoms with E-state index in [1.165, 1.54) is 0 Å². The summed E-state index contributed by atoms with van der Waals surface area (Å²) in [6.07, 6.45) is -0.905. The number of carbonyl (C=O) groups is 1. The third kappa shape index (κ3) is 7.08. The Hall–Kier alpha value is -1.03. The molecule has 0 fully saturated rings. The van der Waals surface area contributed by atoms with Crippen molar-refractivity contribution < 1.29 is 19.3 Å². The van der Waals surface area contributed by atoms with E-state index >= 15 is 0 Å². The maximum atomic E-state index is 10.7. The molecular formula is C8H14O4. The minimum absolute atomic E-state index is 0.262. The number of hydrogen-bond acceptors (Lipinski definition) is 4. The summed E-state index contributed by atoms with van der Waals surface area (Å²) in [7, 11) is 0. The van der Waals surface area contributed by atoms with Crippen LogP contribution in [0.3, 0.4) is 0 Å². The molecular weight excluding hydrogens is 160 g/mol. The van der Waals surface area contributed by atoms with Gasteiger partial charge in [-0.2, -0.15) is 4.89 Å². The van der Waals surface area contributed by atoms with Crippen molar-refractivity contribution in [2.45, 2.75) is 33.3 Å². The Kier molecular flexibility index (Phi) is 3.76. The molecule has 0 aliphatic carbocycles. The zero-order valence-corrected chi connectivity index (χ0v) is 7.84. The molecule has 0 atom stereocenters. The van der Waals surface area contributed by atoms with Gasteiger partial charge in [-0.3, -0.25) is 4.89 Å². The Bertz CT molecular complexity index is 178. The minimum Gasteiger partial charge on any atom is -0.399 e. The second-order valence-electron chi connectivity index (χ2n) is 3.33. The molecule has 0 spiro atoms. The normalized spacial score (nSPS) is 10.7. The predicted octanol–water partition coefficient (Wildman–Crippen LogP) is 2.40. The summed E-state index contributed by atoms with van der Waals surface area (Å²) >= 11 is 0. The highest BCUT2D eigenvalue weighted by molar-refractivity contribution is 5.60. The van der Waals surface area contributed by atoms with E-state index in [4.69, 9.17) is 0 Å². The third-order valence-corrected chi connectivity index (χ3v) is 0.617. The van der Waals surface area contributed by atoms with Crippen LogP contribution in [0.5, 0.6) is 0 Å². The molecule has 0 bridgehead atoms. The molecule has 0 unspecified atom stereocenters. The molecule has 0 aromatic carbocycles. The molecule has 4 heteroatoms. The molecule has 0 N–H and O–H groups in total. The van der Waals surface area contributed by atoms with E-state index in [2.05, 4.69) is 21.1 Å². The number of hydrogen-bond donors (Lipinski definition) is 0. The first-order valence-electron chi connectivity index (χ1n) is 3.54. The molecule has 0 amide bonds. The second kappa shape index (κ2) is 4.11. The topological polar surface area (TPSA) is 44.8 Å². The number of allylic oxidation sites excluding steroid dienone is 1. The van der Waals surface area contributed by atoms with Gasteiger partial charge in [0, 0.05) is 0 Å². The Morgan fingerprint density at radius 2 is 1.83 bits per heavy atom. The first kappa shape index (κ1) is 11.0. The molecule has 0 radical (unpaired) electrons. The van der Waals surface area contributed by atoms with Crippen LogP contribution in [-0.2, 0) is 14.5 Å².